The SMILES string of the molecule is CCO[Si](C)(C)OC(C)(N)C1CCCCC1. The summed E-state index contributed by atoms with van der Waals surface area (Å²) in [4.78, 5) is 0. The number of hydrogen-bond donors (Lipinski definition) is 1. The monoisotopic (exact) mass is 245 g/mol. The molecular formula is C12H27NO2Si. The van der Waals surface area contributed by atoms with Crippen molar-refractivity contribution >= 4 is 8.56 Å². The van der Waals surface area contributed by atoms with E-state index < -0.39 is 14.3 Å². The van der Waals surface area contributed by atoms with Gasteiger partial charge in [0.15, 0.2) is 0 Å². The topological polar surface area (TPSA) is 44.5 Å². The molecule has 1 fully saturated rings. The number of nitrogens with two attached hydrogens (primary N) is 1. The third kappa shape index (κ3) is 4.16. The van der Waals surface area contributed by atoms with Gasteiger partial charge in [-0.15, -0.1) is 0 Å². The summed E-state index contributed by atoms with van der Waals surface area (Å²) in [6.45, 7) is 8.89. The van der Waals surface area contributed by atoms with Crippen molar-refractivity contribution in [1.29, 1.82) is 0 Å². The van der Waals surface area contributed by atoms with E-state index in [2.05, 4.69) is 13.1 Å². The van der Waals surface area contributed by atoms with Crippen LogP contribution in [0.3, 0.4) is 0 Å². The van der Waals surface area contributed by atoms with Crippen LogP contribution in [-0.2, 0) is 8.85 Å². The minimum Gasteiger partial charge on any atom is -0.395 e. The Balaban J connectivity index is 2.54. The zero-order valence-corrected chi connectivity index (χ0v) is 12.2. The lowest BCUT2D eigenvalue weighted by molar-refractivity contribution is -0.0177. The quantitative estimate of drug-likeness (QED) is 0.598. The van der Waals surface area contributed by atoms with Gasteiger partial charge in [-0.1, -0.05) is 19.3 Å². The highest BCUT2D eigenvalue weighted by atomic mass is 28.4. The van der Waals surface area contributed by atoms with E-state index >= 15 is 0 Å². The Kier molecular flexibility index (Phi) is 4.98. The van der Waals surface area contributed by atoms with Crippen LogP contribution in [-0.4, -0.2) is 20.9 Å². The summed E-state index contributed by atoms with van der Waals surface area (Å²) in [5.41, 5.74) is 5.83. The largest absolute Gasteiger partial charge is 0.395 e. The third-order valence-corrected chi connectivity index (χ3v) is 5.29. The van der Waals surface area contributed by atoms with Crippen molar-refractivity contribution in [3.05, 3.63) is 0 Å². The van der Waals surface area contributed by atoms with Crippen molar-refractivity contribution in [3.8, 4) is 0 Å². The van der Waals surface area contributed by atoms with E-state index in [1.165, 1.54) is 32.1 Å². The van der Waals surface area contributed by atoms with Gasteiger partial charge in [0.1, 0.15) is 5.72 Å². The molecule has 16 heavy (non-hydrogen) atoms. The van der Waals surface area contributed by atoms with Crippen LogP contribution >= 0.6 is 0 Å². The van der Waals surface area contributed by atoms with Crippen LogP contribution in [0.2, 0.25) is 13.1 Å². The fourth-order valence-electron chi connectivity index (χ4n) is 2.67. The molecular weight excluding hydrogens is 218 g/mol. The molecule has 1 aliphatic rings. The maximum Gasteiger partial charge on any atom is 0.333 e. The van der Waals surface area contributed by atoms with E-state index in [1.54, 1.807) is 0 Å². The molecule has 0 spiro atoms. The van der Waals surface area contributed by atoms with Gasteiger partial charge in [-0.25, -0.2) is 0 Å². The second-order valence-corrected chi connectivity index (χ2v) is 8.75. The molecule has 1 unspecified atom stereocenters. The van der Waals surface area contributed by atoms with Crippen molar-refractivity contribution in [2.24, 2.45) is 11.7 Å². The molecule has 0 aliphatic heterocycles. The van der Waals surface area contributed by atoms with Crippen LogP contribution in [0.5, 0.6) is 0 Å². The lowest BCUT2D eigenvalue weighted by atomic mass is 9.83. The van der Waals surface area contributed by atoms with E-state index in [0.717, 1.165) is 0 Å². The van der Waals surface area contributed by atoms with Crippen molar-refractivity contribution in [2.45, 2.75) is 64.8 Å². The second-order valence-electron chi connectivity index (χ2n) is 5.45. The molecule has 4 heteroatoms. The number of rotatable bonds is 5. The maximum absolute atomic E-state index is 6.34. The zero-order valence-electron chi connectivity index (χ0n) is 11.2. The first-order valence-electron chi connectivity index (χ1n) is 6.50. The Labute approximate surface area is 101 Å². The molecule has 0 heterocycles. The average molecular weight is 245 g/mol. The van der Waals surface area contributed by atoms with Gasteiger partial charge in [-0.2, -0.15) is 0 Å². The molecule has 1 atom stereocenters. The molecule has 3 nitrogen and oxygen atoms in total. The van der Waals surface area contributed by atoms with Crippen LogP contribution in [0, 0.1) is 5.92 Å². The highest BCUT2D eigenvalue weighted by molar-refractivity contribution is 6.64. The molecule has 2 N–H and O–H groups in total. The molecule has 0 aromatic carbocycles. The first-order valence-corrected chi connectivity index (χ1v) is 9.32. The molecule has 0 amide bonds. The van der Waals surface area contributed by atoms with Gasteiger partial charge in [0, 0.05) is 12.5 Å². The molecule has 1 aliphatic carbocycles. The Morgan fingerprint density at radius 3 is 2.31 bits per heavy atom. The molecule has 1 rings (SSSR count). The molecule has 0 bridgehead atoms. The van der Waals surface area contributed by atoms with Gasteiger partial charge in [0.25, 0.3) is 0 Å². The van der Waals surface area contributed by atoms with Crippen LogP contribution in [0.1, 0.15) is 46.0 Å². The van der Waals surface area contributed by atoms with Crippen molar-refractivity contribution in [2.75, 3.05) is 6.61 Å². The Hall–Kier alpha value is 0.0969. The predicted molar refractivity (Wildman–Crippen MR) is 69.4 cm³/mol. The standard InChI is InChI=1S/C12H27NO2Si/c1-5-14-16(3,4)15-12(2,13)11-9-7-6-8-10-11/h11H,5-10,13H2,1-4H3. The van der Waals surface area contributed by atoms with Crippen LogP contribution < -0.4 is 5.73 Å². The highest BCUT2D eigenvalue weighted by Crippen LogP contribution is 2.33. The van der Waals surface area contributed by atoms with Crippen molar-refractivity contribution in [3.63, 3.8) is 0 Å². The summed E-state index contributed by atoms with van der Waals surface area (Å²) in [5.74, 6) is 0.494. The Morgan fingerprint density at radius 1 is 1.25 bits per heavy atom. The Bertz CT molecular complexity index is 213. The lowest BCUT2D eigenvalue weighted by Crippen LogP contribution is -2.55. The minimum atomic E-state index is -2.05. The average Bonchev–Trinajstić information content (AvgIpc) is 2.17. The predicted octanol–water partition coefficient (Wildman–Crippen LogP) is 3.00. The van der Waals surface area contributed by atoms with Gasteiger partial charge in [-0.05, 0) is 39.8 Å². The highest BCUT2D eigenvalue weighted by Gasteiger charge is 2.39. The van der Waals surface area contributed by atoms with Gasteiger partial charge in [0.2, 0.25) is 0 Å². The third-order valence-electron chi connectivity index (χ3n) is 3.37. The fraction of sp³-hybridized carbons (Fsp3) is 1.00. The maximum atomic E-state index is 6.34. The summed E-state index contributed by atoms with van der Waals surface area (Å²) in [6.07, 6.45) is 6.32. The summed E-state index contributed by atoms with van der Waals surface area (Å²) in [7, 11) is -2.05. The van der Waals surface area contributed by atoms with Crippen LogP contribution in [0.4, 0.5) is 0 Å². The van der Waals surface area contributed by atoms with Crippen LogP contribution in [0.25, 0.3) is 0 Å². The Morgan fingerprint density at radius 2 is 1.81 bits per heavy atom. The van der Waals surface area contributed by atoms with E-state index in [0.29, 0.717) is 12.5 Å². The first kappa shape index (κ1) is 14.2. The van der Waals surface area contributed by atoms with Crippen molar-refractivity contribution in [1.82, 2.24) is 0 Å². The summed E-state index contributed by atoms with van der Waals surface area (Å²) < 4.78 is 11.8. The zero-order chi connectivity index (χ0) is 12.2. The normalized spacial score (nSPS) is 23.1. The van der Waals surface area contributed by atoms with E-state index in [-0.39, 0.29) is 0 Å². The van der Waals surface area contributed by atoms with Crippen LogP contribution in [0.15, 0.2) is 0 Å². The van der Waals surface area contributed by atoms with Gasteiger partial charge >= 0.3 is 8.56 Å². The molecule has 0 aromatic heterocycles. The fourth-order valence-corrected chi connectivity index (χ4v) is 4.65. The molecule has 96 valence electrons. The molecule has 0 saturated heterocycles. The first-order chi connectivity index (χ1) is 7.37. The van der Waals surface area contributed by atoms with Gasteiger partial charge in [-0.3, -0.25) is 0 Å². The minimum absolute atomic E-state index is 0.494. The summed E-state index contributed by atoms with van der Waals surface area (Å²) >= 11 is 0. The molecule has 1 saturated carbocycles. The van der Waals surface area contributed by atoms with Crippen molar-refractivity contribution < 1.29 is 8.85 Å². The molecule has 0 aromatic rings. The second kappa shape index (κ2) is 5.62. The lowest BCUT2D eigenvalue weighted by Gasteiger charge is -2.41. The smallest absolute Gasteiger partial charge is 0.333 e. The van der Waals surface area contributed by atoms with Gasteiger partial charge in [0.05, 0.1) is 0 Å². The molecule has 0 radical (unpaired) electrons. The summed E-state index contributed by atoms with van der Waals surface area (Å²) in [5, 5.41) is 0. The summed E-state index contributed by atoms with van der Waals surface area (Å²) in [6, 6.07) is 0. The number of hydrogen-bond acceptors (Lipinski definition) is 3. The van der Waals surface area contributed by atoms with E-state index in [1.807, 2.05) is 13.8 Å². The van der Waals surface area contributed by atoms with Gasteiger partial charge < -0.3 is 14.6 Å². The van der Waals surface area contributed by atoms with E-state index in [9.17, 15) is 0 Å². The van der Waals surface area contributed by atoms with E-state index in [4.69, 9.17) is 14.6 Å².